The van der Waals surface area contributed by atoms with Gasteiger partial charge in [-0.2, -0.15) is 0 Å². The lowest BCUT2D eigenvalue weighted by Gasteiger charge is -2.20. The van der Waals surface area contributed by atoms with Gasteiger partial charge in [0.2, 0.25) is 5.95 Å². The SMILES string of the molecule is COC(=O)N(Cc1ccc(Cl)cc1[S+]([O-])c1ccccc1)c1ncc[nH]1. The van der Waals surface area contributed by atoms with Gasteiger partial charge in [0, 0.05) is 40.2 Å². The zero-order valence-corrected chi connectivity index (χ0v) is 15.5. The number of imidazole rings is 1. The average Bonchev–Trinajstić information content (AvgIpc) is 3.21. The van der Waals surface area contributed by atoms with Crippen LogP contribution < -0.4 is 4.90 Å². The average molecular weight is 390 g/mol. The topological polar surface area (TPSA) is 81.3 Å². The lowest BCUT2D eigenvalue weighted by Crippen LogP contribution is -2.31. The minimum Gasteiger partial charge on any atom is -0.606 e. The Morgan fingerprint density at radius 1 is 1.31 bits per heavy atom. The van der Waals surface area contributed by atoms with E-state index in [1.165, 1.54) is 18.2 Å². The Hall–Kier alpha value is -2.48. The van der Waals surface area contributed by atoms with Crippen molar-refractivity contribution < 1.29 is 14.1 Å². The second kappa shape index (κ2) is 8.27. The molecule has 0 saturated heterocycles. The standard InChI is InChI=1S/C18H16ClN3O3S/c1-25-18(23)22(17-20-9-10-21-17)12-13-7-8-14(19)11-16(13)26(24)15-5-3-2-4-6-15/h2-11H,12H2,1H3,(H,20,21). The van der Waals surface area contributed by atoms with E-state index in [2.05, 4.69) is 9.97 Å². The first-order valence-corrected chi connectivity index (χ1v) is 9.23. The molecule has 1 heterocycles. The number of carbonyl (C=O) groups excluding carboxylic acids is 1. The number of halogens is 1. The second-order valence-corrected chi connectivity index (χ2v) is 7.19. The molecule has 2 aromatic carbocycles. The molecule has 1 amide bonds. The number of anilines is 1. The number of H-pyrrole nitrogens is 1. The van der Waals surface area contributed by atoms with E-state index in [1.54, 1.807) is 36.5 Å². The summed E-state index contributed by atoms with van der Waals surface area (Å²) in [5.41, 5.74) is 0.679. The number of nitrogens with zero attached hydrogens (tertiary/aromatic N) is 2. The molecule has 1 atom stereocenters. The molecular weight excluding hydrogens is 374 g/mol. The molecule has 134 valence electrons. The summed E-state index contributed by atoms with van der Waals surface area (Å²) in [5.74, 6) is 0.336. The van der Waals surface area contributed by atoms with Crippen LogP contribution in [0.5, 0.6) is 0 Å². The molecule has 3 rings (SSSR count). The van der Waals surface area contributed by atoms with Crippen molar-refractivity contribution in [1.82, 2.24) is 9.97 Å². The molecule has 8 heteroatoms. The third-order valence-corrected chi connectivity index (χ3v) is 5.36. The monoisotopic (exact) mass is 389 g/mol. The Morgan fingerprint density at radius 3 is 2.73 bits per heavy atom. The number of rotatable bonds is 5. The molecule has 0 spiro atoms. The normalized spacial score (nSPS) is 11.8. The summed E-state index contributed by atoms with van der Waals surface area (Å²) in [5, 5.41) is 0.468. The highest BCUT2D eigenvalue weighted by Crippen LogP contribution is 2.28. The van der Waals surface area contributed by atoms with Gasteiger partial charge < -0.3 is 14.3 Å². The van der Waals surface area contributed by atoms with Crippen molar-refractivity contribution in [2.45, 2.75) is 16.3 Å². The molecule has 0 bridgehead atoms. The van der Waals surface area contributed by atoms with Crippen LogP contribution in [0.3, 0.4) is 0 Å². The summed E-state index contributed by atoms with van der Waals surface area (Å²) in [6.45, 7) is 0.130. The van der Waals surface area contributed by atoms with Crippen molar-refractivity contribution in [3.05, 3.63) is 71.5 Å². The van der Waals surface area contributed by atoms with Crippen LogP contribution in [0.4, 0.5) is 10.7 Å². The molecule has 0 saturated carbocycles. The van der Waals surface area contributed by atoms with Crippen LogP contribution in [0.15, 0.2) is 70.7 Å². The fourth-order valence-corrected chi connectivity index (χ4v) is 3.91. The Balaban J connectivity index is 1.98. The van der Waals surface area contributed by atoms with Gasteiger partial charge in [0.05, 0.1) is 13.7 Å². The summed E-state index contributed by atoms with van der Waals surface area (Å²) in [4.78, 5) is 21.7. The van der Waals surface area contributed by atoms with Crippen molar-refractivity contribution in [1.29, 1.82) is 0 Å². The number of aromatic nitrogens is 2. The van der Waals surface area contributed by atoms with E-state index in [-0.39, 0.29) is 6.54 Å². The Kier molecular flexibility index (Phi) is 5.82. The first kappa shape index (κ1) is 18.3. The first-order valence-electron chi connectivity index (χ1n) is 7.70. The van der Waals surface area contributed by atoms with E-state index in [0.29, 0.717) is 26.3 Å². The minimum atomic E-state index is -1.44. The highest BCUT2D eigenvalue weighted by molar-refractivity contribution is 7.91. The fourth-order valence-electron chi connectivity index (χ4n) is 2.41. The van der Waals surface area contributed by atoms with Crippen LogP contribution in [0.25, 0.3) is 0 Å². The van der Waals surface area contributed by atoms with Crippen molar-refractivity contribution in [2.75, 3.05) is 12.0 Å². The smallest absolute Gasteiger partial charge is 0.416 e. The summed E-state index contributed by atoms with van der Waals surface area (Å²) in [6, 6.07) is 14.2. The molecule has 1 unspecified atom stereocenters. The zero-order valence-electron chi connectivity index (χ0n) is 13.9. The van der Waals surface area contributed by atoms with Crippen molar-refractivity contribution >= 4 is 34.8 Å². The maximum atomic E-state index is 13.0. The van der Waals surface area contributed by atoms with Crippen molar-refractivity contribution in [3.63, 3.8) is 0 Å². The molecule has 1 N–H and O–H groups in total. The van der Waals surface area contributed by atoms with Gasteiger partial charge in [0.1, 0.15) is 0 Å². The predicted molar refractivity (Wildman–Crippen MR) is 99.7 cm³/mol. The number of hydrogen-bond acceptors (Lipinski definition) is 4. The van der Waals surface area contributed by atoms with Crippen LogP contribution in [0, 0.1) is 0 Å². The molecule has 0 aliphatic carbocycles. The molecule has 0 aliphatic rings. The highest BCUT2D eigenvalue weighted by Gasteiger charge is 2.25. The molecule has 26 heavy (non-hydrogen) atoms. The fraction of sp³-hybridized carbons (Fsp3) is 0.111. The van der Waals surface area contributed by atoms with E-state index in [0.717, 1.165) is 0 Å². The van der Waals surface area contributed by atoms with Crippen molar-refractivity contribution in [3.8, 4) is 0 Å². The largest absolute Gasteiger partial charge is 0.606 e. The molecule has 6 nitrogen and oxygen atoms in total. The number of benzene rings is 2. The zero-order chi connectivity index (χ0) is 18.5. The van der Waals surface area contributed by atoms with Crippen LogP contribution in [0.1, 0.15) is 5.56 Å². The van der Waals surface area contributed by atoms with Crippen LogP contribution in [-0.2, 0) is 22.5 Å². The Labute approximate surface area is 159 Å². The number of nitrogens with one attached hydrogen (secondary N) is 1. The summed E-state index contributed by atoms with van der Waals surface area (Å²) < 4.78 is 17.9. The number of aromatic amines is 1. The number of amides is 1. The number of ether oxygens (including phenoxy) is 1. The van der Waals surface area contributed by atoms with Gasteiger partial charge >= 0.3 is 6.09 Å². The second-order valence-electron chi connectivity index (χ2n) is 5.30. The van der Waals surface area contributed by atoms with Gasteiger partial charge in [-0.3, -0.25) is 0 Å². The Morgan fingerprint density at radius 2 is 2.08 bits per heavy atom. The van der Waals surface area contributed by atoms with Gasteiger partial charge in [0.25, 0.3) is 0 Å². The van der Waals surface area contributed by atoms with Crippen molar-refractivity contribution in [2.24, 2.45) is 0 Å². The van der Waals surface area contributed by atoms with Crippen LogP contribution in [0.2, 0.25) is 5.02 Å². The van der Waals surface area contributed by atoms with Gasteiger partial charge in [-0.25, -0.2) is 14.7 Å². The van der Waals surface area contributed by atoms with E-state index >= 15 is 0 Å². The van der Waals surface area contributed by atoms with E-state index in [1.807, 2.05) is 18.2 Å². The summed E-state index contributed by atoms with van der Waals surface area (Å²) >= 11 is 4.68. The molecule has 0 aliphatic heterocycles. The lowest BCUT2D eigenvalue weighted by molar-refractivity contribution is 0.178. The molecular formula is C18H16ClN3O3S. The molecule has 0 fully saturated rings. The Bertz CT molecular complexity index is 875. The molecule has 0 radical (unpaired) electrons. The van der Waals surface area contributed by atoms with Crippen LogP contribution in [-0.4, -0.2) is 27.7 Å². The predicted octanol–water partition coefficient (Wildman–Crippen LogP) is 4.00. The third-order valence-electron chi connectivity index (χ3n) is 3.65. The van der Waals surface area contributed by atoms with Gasteiger partial charge in [-0.05, 0) is 18.2 Å². The van der Waals surface area contributed by atoms with Gasteiger partial charge in [0.15, 0.2) is 9.79 Å². The molecule has 1 aromatic heterocycles. The summed E-state index contributed by atoms with van der Waals surface area (Å²) in [6.07, 6.45) is 2.57. The maximum absolute atomic E-state index is 13.0. The quantitative estimate of drug-likeness (QED) is 0.668. The molecule has 3 aromatic rings. The third kappa shape index (κ3) is 4.01. The van der Waals surface area contributed by atoms with E-state index in [9.17, 15) is 9.35 Å². The number of carbonyl (C=O) groups is 1. The number of methoxy groups -OCH3 is 1. The minimum absolute atomic E-state index is 0.130. The maximum Gasteiger partial charge on any atom is 0.416 e. The number of hydrogen-bond donors (Lipinski definition) is 1. The van der Waals surface area contributed by atoms with E-state index in [4.69, 9.17) is 16.3 Å². The lowest BCUT2D eigenvalue weighted by atomic mass is 10.2. The first-order chi connectivity index (χ1) is 12.6. The highest BCUT2D eigenvalue weighted by atomic mass is 35.5. The van der Waals surface area contributed by atoms with E-state index < -0.39 is 17.3 Å². The van der Waals surface area contributed by atoms with Gasteiger partial charge in [-0.1, -0.05) is 35.9 Å². The van der Waals surface area contributed by atoms with Gasteiger partial charge in [-0.15, -0.1) is 0 Å². The summed E-state index contributed by atoms with van der Waals surface area (Å²) in [7, 11) is 1.29. The van der Waals surface area contributed by atoms with Crippen LogP contribution >= 0.6 is 11.6 Å².